The van der Waals surface area contributed by atoms with Gasteiger partial charge in [0.25, 0.3) is 0 Å². The van der Waals surface area contributed by atoms with E-state index in [9.17, 15) is 5.11 Å². The topological polar surface area (TPSA) is 71.2 Å². The van der Waals surface area contributed by atoms with Gasteiger partial charge in [0.1, 0.15) is 5.82 Å². The Bertz CT molecular complexity index is 306. The molecule has 0 aliphatic heterocycles. The quantitative estimate of drug-likeness (QED) is 0.669. The van der Waals surface area contributed by atoms with Crippen LogP contribution in [0, 0.1) is 0 Å². The smallest absolute Gasteiger partial charge is 0.126 e. The molecule has 0 spiro atoms. The van der Waals surface area contributed by atoms with E-state index in [-0.39, 0.29) is 0 Å². The summed E-state index contributed by atoms with van der Waals surface area (Å²) in [5, 5.41) is 12.9. The van der Waals surface area contributed by atoms with Crippen molar-refractivity contribution < 1.29 is 5.11 Å². The third-order valence-corrected chi connectivity index (χ3v) is 2.67. The zero-order valence-electron chi connectivity index (χ0n) is 8.03. The van der Waals surface area contributed by atoms with E-state index < -0.39 is 5.60 Å². The van der Waals surface area contributed by atoms with Crippen molar-refractivity contribution in [1.29, 1.82) is 0 Å². The lowest BCUT2D eigenvalue weighted by atomic mass is 9.80. The Balaban J connectivity index is 1.88. The summed E-state index contributed by atoms with van der Waals surface area (Å²) >= 11 is 0. The second kappa shape index (κ2) is 3.46. The fourth-order valence-electron chi connectivity index (χ4n) is 1.53. The highest BCUT2D eigenvalue weighted by atomic mass is 16.3. The minimum absolute atomic E-state index is 0.511. The van der Waals surface area contributed by atoms with E-state index >= 15 is 0 Å². The fraction of sp³-hybridized carbons (Fsp3) is 0.500. The number of anilines is 2. The van der Waals surface area contributed by atoms with Gasteiger partial charge in [-0.25, -0.2) is 4.98 Å². The molecule has 0 bridgehead atoms. The number of nitrogens with one attached hydrogen (secondary N) is 1. The summed E-state index contributed by atoms with van der Waals surface area (Å²) in [5.41, 5.74) is 5.65. The number of nitrogens with two attached hydrogens (primary N) is 1. The van der Waals surface area contributed by atoms with Crippen LogP contribution >= 0.6 is 0 Å². The van der Waals surface area contributed by atoms with Crippen LogP contribution in [-0.2, 0) is 0 Å². The molecule has 0 radical (unpaired) electrons. The standard InChI is InChI=1S/C10H15N3O/c11-8-2-3-9(12-6-8)13-7-10(14)4-1-5-10/h2-3,6,14H,1,4-5,7,11H2,(H,12,13). The van der Waals surface area contributed by atoms with Crippen molar-refractivity contribution in [3.05, 3.63) is 18.3 Å². The van der Waals surface area contributed by atoms with Crippen molar-refractivity contribution in [1.82, 2.24) is 4.98 Å². The molecule has 0 amide bonds. The molecule has 0 atom stereocenters. The van der Waals surface area contributed by atoms with Crippen LogP contribution < -0.4 is 11.1 Å². The van der Waals surface area contributed by atoms with Crippen LogP contribution in [0.3, 0.4) is 0 Å². The van der Waals surface area contributed by atoms with Crippen molar-refractivity contribution in [3.63, 3.8) is 0 Å². The Labute approximate surface area is 83.2 Å². The first-order valence-electron chi connectivity index (χ1n) is 4.86. The highest BCUT2D eigenvalue weighted by Crippen LogP contribution is 2.31. The summed E-state index contributed by atoms with van der Waals surface area (Å²) in [4.78, 5) is 4.09. The maximum Gasteiger partial charge on any atom is 0.126 e. The molecule has 1 fully saturated rings. The SMILES string of the molecule is Nc1ccc(NCC2(O)CCC2)nc1. The molecule has 1 saturated carbocycles. The lowest BCUT2D eigenvalue weighted by Gasteiger charge is -2.36. The molecule has 1 aliphatic carbocycles. The molecular formula is C10H15N3O. The van der Waals surface area contributed by atoms with E-state index in [4.69, 9.17) is 5.73 Å². The summed E-state index contributed by atoms with van der Waals surface area (Å²) < 4.78 is 0. The average molecular weight is 193 g/mol. The van der Waals surface area contributed by atoms with Crippen LogP contribution in [0.5, 0.6) is 0 Å². The fourth-order valence-corrected chi connectivity index (χ4v) is 1.53. The lowest BCUT2D eigenvalue weighted by Crippen LogP contribution is -2.43. The second-order valence-corrected chi connectivity index (χ2v) is 3.91. The maximum absolute atomic E-state index is 9.81. The van der Waals surface area contributed by atoms with Crippen LogP contribution in [0.25, 0.3) is 0 Å². The molecule has 0 unspecified atom stereocenters. The normalized spacial score (nSPS) is 18.6. The monoisotopic (exact) mass is 193 g/mol. The molecule has 1 heterocycles. The van der Waals surface area contributed by atoms with Crippen molar-refractivity contribution in [2.45, 2.75) is 24.9 Å². The Morgan fingerprint density at radius 2 is 2.29 bits per heavy atom. The minimum atomic E-state index is -0.511. The molecule has 4 heteroatoms. The molecule has 1 aromatic heterocycles. The van der Waals surface area contributed by atoms with E-state index in [1.54, 1.807) is 12.3 Å². The summed E-state index contributed by atoms with van der Waals surface area (Å²) in [6.45, 7) is 0.573. The Kier molecular flexibility index (Phi) is 2.29. The second-order valence-electron chi connectivity index (χ2n) is 3.91. The highest BCUT2D eigenvalue weighted by Gasteiger charge is 2.33. The van der Waals surface area contributed by atoms with E-state index in [1.165, 1.54) is 0 Å². The molecule has 4 nitrogen and oxygen atoms in total. The number of pyridine rings is 1. The summed E-state index contributed by atoms with van der Waals surface area (Å²) in [5.74, 6) is 0.763. The van der Waals surface area contributed by atoms with Gasteiger partial charge in [-0.1, -0.05) is 0 Å². The van der Waals surface area contributed by atoms with Crippen LogP contribution in [0.4, 0.5) is 11.5 Å². The first-order chi connectivity index (χ1) is 6.68. The van der Waals surface area contributed by atoms with Gasteiger partial charge in [-0.05, 0) is 31.4 Å². The number of nitrogen functional groups attached to an aromatic ring is 1. The van der Waals surface area contributed by atoms with Crippen LogP contribution in [0.1, 0.15) is 19.3 Å². The van der Waals surface area contributed by atoms with Gasteiger partial charge in [0, 0.05) is 6.54 Å². The van der Waals surface area contributed by atoms with E-state index in [2.05, 4.69) is 10.3 Å². The van der Waals surface area contributed by atoms with Gasteiger partial charge in [-0.2, -0.15) is 0 Å². The first kappa shape index (κ1) is 9.27. The number of aliphatic hydroxyl groups is 1. The van der Waals surface area contributed by atoms with Crippen LogP contribution in [0.2, 0.25) is 0 Å². The number of hydrogen-bond donors (Lipinski definition) is 3. The highest BCUT2D eigenvalue weighted by molar-refractivity contribution is 5.43. The van der Waals surface area contributed by atoms with Crippen molar-refractivity contribution in [3.8, 4) is 0 Å². The van der Waals surface area contributed by atoms with E-state index in [0.29, 0.717) is 12.2 Å². The predicted molar refractivity (Wildman–Crippen MR) is 55.9 cm³/mol. The number of hydrogen-bond acceptors (Lipinski definition) is 4. The summed E-state index contributed by atoms with van der Waals surface area (Å²) in [7, 11) is 0. The molecule has 14 heavy (non-hydrogen) atoms. The Morgan fingerprint density at radius 3 is 2.79 bits per heavy atom. The van der Waals surface area contributed by atoms with Crippen LogP contribution in [0.15, 0.2) is 18.3 Å². The molecule has 0 saturated heterocycles. The molecular weight excluding hydrogens is 178 g/mol. The van der Waals surface area contributed by atoms with Crippen molar-refractivity contribution in [2.24, 2.45) is 0 Å². The van der Waals surface area contributed by atoms with Crippen molar-refractivity contribution >= 4 is 11.5 Å². The van der Waals surface area contributed by atoms with Gasteiger partial charge in [0.05, 0.1) is 17.5 Å². The van der Waals surface area contributed by atoms with Crippen LogP contribution in [-0.4, -0.2) is 22.2 Å². The third-order valence-electron chi connectivity index (χ3n) is 2.67. The summed E-state index contributed by atoms with van der Waals surface area (Å²) in [6, 6.07) is 3.61. The molecule has 76 valence electrons. The Hall–Kier alpha value is -1.29. The van der Waals surface area contributed by atoms with Gasteiger partial charge >= 0.3 is 0 Å². The van der Waals surface area contributed by atoms with Crippen molar-refractivity contribution in [2.75, 3.05) is 17.6 Å². The molecule has 4 N–H and O–H groups in total. The lowest BCUT2D eigenvalue weighted by molar-refractivity contribution is -0.0202. The third kappa shape index (κ3) is 1.96. The zero-order chi connectivity index (χ0) is 10.0. The van der Waals surface area contributed by atoms with Gasteiger partial charge in [-0.3, -0.25) is 0 Å². The van der Waals surface area contributed by atoms with E-state index in [1.807, 2.05) is 6.07 Å². The van der Waals surface area contributed by atoms with Gasteiger partial charge in [-0.15, -0.1) is 0 Å². The largest absolute Gasteiger partial charge is 0.397 e. The minimum Gasteiger partial charge on any atom is -0.397 e. The van der Waals surface area contributed by atoms with Gasteiger partial charge < -0.3 is 16.2 Å². The number of aromatic nitrogens is 1. The maximum atomic E-state index is 9.81. The molecule has 2 rings (SSSR count). The first-order valence-corrected chi connectivity index (χ1v) is 4.86. The van der Waals surface area contributed by atoms with E-state index in [0.717, 1.165) is 25.1 Å². The number of nitrogens with zero attached hydrogens (tertiary/aromatic N) is 1. The average Bonchev–Trinajstić information content (AvgIpc) is 2.14. The predicted octanol–water partition coefficient (Wildman–Crippen LogP) is 0.991. The number of rotatable bonds is 3. The molecule has 1 aromatic rings. The molecule has 1 aliphatic rings. The van der Waals surface area contributed by atoms with Gasteiger partial charge in [0.15, 0.2) is 0 Å². The van der Waals surface area contributed by atoms with Gasteiger partial charge in [0.2, 0.25) is 0 Å². The zero-order valence-corrected chi connectivity index (χ0v) is 8.03. The molecule has 0 aromatic carbocycles. The summed E-state index contributed by atoms with van der Waals surface area (Å²) in [6.07, 6.45) is 4.49. The Morgan fingerprint density at radius 1 is 1.50 bits per heavy atom.